The van der Waals surface area contributed by atoms with Crippen LogP contribution in [0.4, 0.5) is 0 Å². The molecule has 1 N–H and O–H groups in total. The number of ether oxygens (including phenoxy) is 4. The van der Waals surface area contributed by atoms with Crippen LogP contribution in [0.2, 0.25) is 0 Å². The summed E-state index contributed by atoms with van der Waals surface area (Å²) < 4.78 is 22.4. The zero-order chi connectivity index (χ0) is 17.8. The van der Waals surface area contributed by atoms with Crippen molar-refractivity contribution in [3.63, 3.8) is 0 Å². The maximum atomic E-state index is 10.3. The molecular weight excluding hydrogens is 332 g/mol. The Bertz CT molecular complexity index is 618. The van der Waals surface area contributed by atoms with Crippen molar-refractivity contribution in [2.75, 3.05) is 13.2 Å². The molecule has 0 aromatic heterocycles. The van der Waals surface area contributed by atoms with Gasteiger partial charge >= 0.3 is 0 Å². The molecule has 2 aromatic rings. The third kappa shape index (κ3) is 4.69. The van der Waals surface area contributed by atoms with Gasteiger partial charge < -0.3 is 24.1 Å². The summed E-state index contributed by atoms with van der Waals surface area (Å²) in [5.41, 5.74) is 2.26. The standard InChI is InChI=1S/C21H24O5/c22-19(20-17(25-20)13-23-11-15-7-3-1-4-8-15)21-18(26-21)14-24-12-16-9-5-2-6-10-16/h1-10,17-22H,11-14H2/t17-,18+,19?,20+,21-. The first-order chi connectivity index (χ1) is 12.8. The molecule has 138 valence electrons. The molecule has 2 aromatic carbocycles. The lowest BCUT2D eigenvalue weighted by Crippen LogP contribution is -2.27. The van der Waals surface area contributed by atoms with E-state index in [0.717, 1.165) is 11.1 Å². The van der Waals surface area contributed by atoms with Crippen molar-refractivity contribution in [2.24, 2.45) is 0 Å². The molecule has 0 saturated carbocycles. The average molecular weight is 356 g/mol. The predicted molar refractivity (Wildman–Crippen MR) is 95.5 cm³/mol. The third-order valence-corrected chi connectivity index (χ3v) is 4.70. The van der Waals surface area contributed by atoms with Crippen LogP contribution in [0.3, 0.4) is 0 Å². The van der Waals surface area contributed by atoms with Crippen LogP contribution in [0.25, 0.3) is 0 Å². The number of aliphatic hydroxyl groups is 1. The van der Waals surface area contributed by atoms with E-state index >= 15 is 0 Å². The monoisotopic (exact) mass is 356 g/mol. The lowest BCUT2D eigenvalue weighted by Gasteiger charge is -2.05. The maximum Gasteiger partial charge on any atom is 0.115 e. The van der Waals surface area contributed by atoms with Gasteiger partial charge in [-0.15, -0.1) is 0 Å². The number of hydrogen-bond donors (Lipinski definition) is 1. The maximum absolute atomic E-state index is 10.3. The zero-order valence-electron chi connectivity index (χ0n) is 14.6. The fraction of sp³-hybridized carbons (Fsp3) is 0.429. The van der Waals surface area contributed by atoms with Crippen molar-refractivity contribution < 1.29 is 24.1 Å². The van der Waals surface area contributed by atoms with Gasteiger partial charge in [0.15, 0.2) is 0 Å². The molecule has 2 fully saturated rings. The Morgan fingerprint density at radius 3 is 1.58 bits per heavy atom. The second-order valence-electron chi connectivity index (χ2n) is 6.77. The van der Waals surface area contributed by atoms with E-state index in [0.29, 0.717) is 26.4 Å². The largest absolute Gasteiger partial charge is 0.387 e. The summed E-state index contributed by atoms with van der Waals surface area (Å²) in [4.78, 5) is 0. The van der Waals surface area contributed by atoms with Crippen molar-refractivity contribution in [3.05, 3.63) is 71.8 Å². The van der Waals surface area contributed by atoms with Crippen LogP contribution in [0, 0.1) is 0 Å². The highest BCUT2D eigenvalue weighted by molar-refractivity contribution is 5.14. The van der Waals surface area contributed by atoms with Crippen molar-refractivity contribution in [1.82, 2.24) is 0 Å². The van der Waals surface area contributed by atoms with E-state index in [1.54, 1.807) is 0 Å². The summed E-state index contributed by atoms with van der Waals surface area (Å²) in [6.07, 6.45) is -1.12. The van der Waals surface area contributed by atoms with Crippen LogP contribution in [0.5, 0.6) is 0 Å². The molecule has 5 heteroatoms. The molecule has 2 aliphatic rings. The first kappa shape index (κ1) is 17.6. The highest BCUT2D eigenvalue weighted by Gasteiger charge is 2.55. The molecule has 0 aliphatic carbocycles. The molecule has 4 rings (SSSR count). The summed E-state index contributed by atoms with van der Waals surface area (Å²) in [5.74, 6) is 0. The summed E-state index contributed by atoms with van der Waals surface area (Å²) in [6, 6.07) is 20.0. The van der Waals surface area contributed by atoms with Gasteiger partial charge in [-0.05, 0) is 11.1 Å². The van der Waals surface area contributed by atoms with Crippen LogP contribution < -0.4 is 0 Å². The molecule has 0 bridgehead atoms. The highest BCUT2D eigenvalue weighted by Crippen LogP contribution is 2.36. The van der Waals surface area contributed by atoms with Crippen LogP contribution in [-0.4, -0.2) is 48.8 Å². The average Bonchev–Trinajstić information content (AvgIpc) is 3.59. The van der Waals surface area contributed by atoms with Gasteiger partial charge in [-0.3, -0.25) is 0 Å². The Kier molecular flexibility index (Phi) is 5.62. The van der Waals surface area contributed by atoms with E-state index in [1.165, 1.54) is 0 Å². The molecule has 2 heterocycles. The van der Waals surface area contributed by atoms with Gasteiger partial charge in [0.05, 0.1) is 26.4 Å². The van der Waals surface area contributed by atoms with Gasteiger partial charge in [-0.25, -0.2) is 0 Å². The van der Waals surface area contributed by atoms with Crippen molar-refractivity contribution in [2.45, 2.75) is 43.7 Å². The highest BCUT2D eigenvalue weighted by atomic mass is 16.7. The normalized spacial score (nSPS) is 27.9. The fourth-order valence-electron chi connectivity index (χ4n) is 3.10. The SMILES string of the molecule is OC([C@H]1O[C@@H]1COCc1ccccc1)[C@@H]1O[C@H]1COCc1ccccc1. The van der Waals surface area contributed by atoms with Gasteiger partial charge in [0, 0.05) is 0 Å². The van der Waals surface area contributed by atoms with Crippen LogP contribution in [0.15, 0.2) is 60.7 Å². The Hall–Kier alpha value is -1.76. The van der Waals surface area contributed by atoms with Crippen LogP contribution in [-0.2, 0) is 32.2 Å². The first-order valence-corrected chi connectivity index (χ1v) is 9.03. The van der Waals surface area contributed by atoms with E-state index < -0.39 is 6.10 Å². The van der Waals surface area contributed by atoms with Gasteiger partial charge in [-0.2, -0.15) is 0 Å². The molecule has 26 heavy (non-hydrogen) atoms. The Balaban J connectivity index is 1.10. The Morgan fingerprint density at radius 1 is 0.731 bits per heavy atom. The van der Waals surface area contributed by atoms with Crippen molar-refractivity contribution in [1.29, 1.82) is 0 Å². The summed E-state index contributed by atoms with van der Waals surface area (Å²) >= 11 is 0. The number of benzene rings is 2. The number of hydrogen-bond acceptors (Lipinski definition) is 5. The molecule has 5 atom stereocenters. The first-order valence-electron chi connectivity index (χ1n) is 9.03. The summed E-state index contributed by atoms with van der Waals surface area (Å²) in [5, 5.41) is 10.3. The Morgan fingerprint density at radius 2 is 1.15 bits per heavy atom. The number of aliphatic hydroxyl groups excluding tert-OH is 1. The second kappa shape index (κ2) is 8.29. The quantitative estimate of drug-likeness (QED) is 0.662. The fourth-order valence-corrected chi connectivity index (χ4v) is 3.10. The van der Waals surface area contributed by atoms with E-state index in [2.05, 4.69) is 0 Å². The molecule has 0 radical (unpaired) electrons. The van der Waals surface area contributed by atoms with E-state index in [-0.39, 0.29) is 24.4 Å². The van der Waals surface area contributed by atoms with E-state index in [9.17, 15) is 5.11 Å². The van der Waals surface area contributed by atoms with E-state index in [1.807, 2.05) is 60.7 Å². The lowest BCUT2D eigenvalue weighted by molar-refractivity contribution is 0.102. The minimum absolute atomic E-state index is 0.0520. The predicted octanol–water partition coefficient (Wildman–Crippen LogP) is 2.32. The molecule has 2 saturated heterocycles. The minimum Gasteiger partial charge on any atom is -0.387 e. The van der Waals surface area contributed by atoms with Crippen molar-refractivity contribution in [3.8, 4) is 0 Å². The minimum atomic E-state index is -0.620. The van der Waals surface area contributed by atoms with Crippen LogP contribution >= 0.6 is 0 Å². The molecule has 5 nitrogen and oxygen atoms in total. The van der Waals surface area contributed by atoms with Gasteiger partial charge in [-0.1, -0.05) is 60.7 Å². The summed E-state index contributed by atoms with van der Waals surface area (Å²) in [6.45, 7) is 2.08. The molecular formula is C21H24O5. The smallest absolute Gasteiger partial charge is 0.115 e. The topological polar surface area (TPSA) is 63.8 Å². The molecule has 2 aliphatic heterocycles. The lowest BCUT2D eigenvalue weighted by atomic mass is 10.1. The number of rotatable bonds is 10. The molecule has 0 amide bonds. The van der Waals surface area contributed by atoms with Crippen molar-refractivity contribution >= 4 is 0 Å². The zero-order valence-corrected chi connectivity index (χ0v) is 14.6. The van der Waals surface area contributed by atoms with E-state index in [4.69, 9.17) is 18.9 Å². The summed E-state index contributed by atoms with van der Waals surface area (Å²) in [7, 11) is 0. The van der Waals surface area contributed by atoms with Gasteiger partial charge in [0.25, 0.3) is 0 Å². The van der Waals surface area contributed by atoms with Gasteiger partial charge in [0.2, 0.25) is 0 Å². The number of epoxide rings is 2. The van der Waals surface area contributed by atoms with Gasteiger partial charge in [0.1, 0.15) is 30.5 Å². The van der Waals surface area contributed by atoms with Crippen LogP contribution in [0.1, 0.15) is 11.1 Å². The Labute approximate surface area is 153 Å². The molecule has 1 unspecified atom stereocenters. The third-order valence-electron chi connectivity index (χ3n) is 4.70. The molecule has 0 spiro atoms. The second-order valence-corrected chi connectivity index (χ2v) is 6.77.